The minimum atomic E-state index is 0.941. The van der Waals surface area contributed by atoms with Crippen LogP contribution in [0.15, 0.2) is 58.5 Å². The van der Waals surface area contributed by atoms with Crippen LogP contribution in [-0.2, 0) is 0 Å². The quantitative estimate of drug-likeness (QED) is 0.0733. The number of hydrogen-bond acceptors (Lipinski definition) is 2. The number of aliphatic imine (C=N–C) groups is 2. The minimum absolute atomic E-state index is 0.941. The first-order valence-electron chi connectivity index (χ1n) is 19.4. The van der Waals surface area contributed by atoms with Crippen molar-refractivity contribution in [1.82, 2.24) is 0 Å². The highest BCUT2D eigenvalue weighted by molar-refractivity contribution is 6.47. The summed E-state index contributed by atoms with van der Waals surface area (Å²) in [5.74, 6) is 0. The van der Waals surface area contributed by atoms with E-state index in [-0.39, 0.29) is 0 Å². The molecule has 0 N–H and O–H groups in total. The Balaban J connectivity index is 1.78. The molecule has 2 nitrogen and oxygen atoms in total. The maximum absolute atomic E-state index is 5.20. The van der Waals surface area contributed by atoms with E-state index in [4.69, 9.17) is 9.98 Å². The Morgan fingerprint density at radius 3 is 1.24 bits per heavy atom. The molecule has 2 heteroatoms. The Kier molecular flexibility index (Phi) is 22.1. The molecular formula is C44H70N2. The van der Waals surface area contributed by atoms with Gasteiger partial charge in [0.25, 0.3) is 0 Å². The number of nitrogens with zero attached hydrogens (tertiary/aromatic N) is 2. The summed E-state index contributed by atoms with van der Waals surface area (Å²) in [5.41, 5.74) is 9.19. The van der Waals surface area contributed by atoms with Crippen molar-refractivity contribution >= 4 is 22.8 Å². The predicted molar refractivity (Wildman–Crippen MR) is 208 cm³/mol. The van der Waals surface area contributed by atoms with Gasteiger partial charge in [0.2, 0.25) is 0 Å². The molecule has 0 radical (unpaired) electrons. The fourth-order valence-electron chi connectivity index (χ4n) is 6.47. The highest BCUT2D eigenvalue weighted by atomic mass is 14.8. The normalized spacial score (nSPS) is 12.5. The van der Waals surface area contributed by atoms with Crippen molar-refractivity contribution < 1.29 is 0 Å². The average Bonchev–Trinajstić information content (AvgIpc) is 3.00. The summed E-state index contributed by atoms with van der Waals surface area (Å²) >= 11 is 0. The van der Waals surface area contributed by atoms with Crippen molar-refractivity contribution in [1.29, 1.82) is 0 Å². The Morgan fingerprint density at radius 2 is 0.826 bits per heavy atom. The van der Waals surface area contributed by atoms with Crippen molar-refractivity contribution in [2.75, 3.05) is 0 Å². The van der Waals surface area contributed by atoms with Gasteiger partial charge in [0.1, 0.15) is 0 Å². The second-order valence-electron chi connectivity index (χ2n) is 14.1. The smallest absolute Gasteiger partial charge is 0.0848 e. The molecule has 0 aliphatic rings. The fraction of sp³-hybridized carbons (Fsp3) is 0.636. The van der Waals surface area contributed by atoms with Crippen LogP contribution in [0.3, 0.4) is 0 Å². The average molecular weight is 627 g/mol. The highest BCUT2D eigenvalue weighted by Gasteiger charge is 2.09. The first kappa shape index (κ1) is 39.7. The molecule has 2 aromatic carbocycles. The molecular weight excluding hydrogens is 556 g/mol. The number of rotatable bonds is 26. The van der Waals surface area contributed by atoms with E-state index in [1.165, 1.54) is 138 Å². The molecule has 0 aromatic heterocycles. The molecule has 0 saturated heterocycles. The van der Waals surface area contributed by atoms with E-state index < -0.39 is 0 Å². The fourth-order valence-corrected chi connectivity index (χ4v) is 6.47. The lowest BCUT2D eigenvalue weighted by atomic mass is 10.0. The molecule has 0 fully saturated rings. The van der Waals surface area contributed by atoms with Crippen molar-refractivity contribution in [3.63, 3.8) is 0 Å². The number of unbranched alkanes of at least 4 members (excludes halogenated alkanes) is 19. The van der Waals surface area contributed by atoms with Crippen LogP contribution >= 0.6 is 0 Å². The Bertz CT molecular complexity index is 1130. The Hall–Kier alpha value is -2.48. The molecule has 2 rings (SSSR count). The maximum Gasteiger partial charge on any atom is 0.0848 e. The predicted octanol–water partition coefficient (Wildman–Crippen LogP) is 14.9. The van der Waals surface area contributed by atoms with Crippen LogP contribution in [0.5, 0.6) is 0 Å². The van der Waals surface area contributed by atoms with E-state index in [1.54, 1.807) is 0 Å². The summed E-state index contributed by atoms with van der Waals surface area (Å²) in [6.45, 7) is 13.2. The number of hydrogen-bond donors (Lipinski definition) is 0. The van der Waals surface area contributed by atoms with Crippen LogP contribution in [0.4, 0.5) is 11.4 Å². The third-order valence-corrected chi connectivity index (χ3v) is 8.99. The van der Waals surface area contributed by atoms with Gasteiger partial charge in [-0.05, 0) is 106 Å². The number of benzene rings is 2. The van der Waals surface area contributed by atoms with E-state index in [1.807, 2.05) is 0 Å². The third kappa shape index (κ3) is 19.2. The van der Waals surface area contributed by atoms with Crippen molar-refractivity contribution in [3.8, 4) is 0 Å². The van der Waals surface area contributed by atoms with E-state index in [0.717, 1.165) is 48.5 Å². The molecule has 0 atom stereocenters. The summed E-state index contributed by atoms with van der Waals surface area (Å²) in [6, 6.07) is 13.2. The van der Waals surface area contributed by atoms with Gasteiger partial charge in [0.05, 0.1) is 22.8 Å². The topological polar surface area (TPSA) is 24.7 Å². The molecule has 46 heavy (non-hydrogen) atoms. The summed E-state index contributed by atoms with van der Waals surface area (Å²) < 4.78 is 0. The van der Waals surface area contributed by atoms with Gasteiger partial charge >= 0.3 is 0 Å². The van der Waals surface area contributed by atoms with Crippen molar-refractivity contribution in [2.45, 2.75) is 183 Å². The number of aryl methyl sites for hydroxylation is 4. The van der Waals surface area contributed by atoms with Gasteiger partial charge in [0, 0.05) is 0 Å². The van der Waals surface area contributed by atoms with Crippen LogP contribution in [0.1, 0.15) is 177 Å². The van der Waals surface area contributed by atoms with Gasteiger partial charge in [-0.15, -0.1) is 0 Å². The Morgan fingerprint density at radius 1 is 0.457 bits per heavy atom. The van der Waals surface area contributed by atoms with Crippen molar-refractivity contribution in [3.05, 3.63) is 70.8 Å². The summed E-state index contributed by atoms with van der Waals surface area (Å²) in [6.07, 6.45) is 34.4. The standard InChI is InChI=1S/C44H70N2/c1-7-9-11-12-13-14-15-16-17-18-19-20-21-22-23-24-25-26-27-28-30-44(46-42-35-39(5)32-40(6)36-42)43(29-10-8-2)45-41-33-37(3)31-38(4)34-41/h28,30-36H,7-27,29H2,1-6H3. The molecule has 2 aromatic rings. The Labute approximate surface area is 285 Å². The summed E-state index contributed by atoms with van der Waals surface area (Å²) in [4.78, 5) is 10.4. The van der Waals surface area contributed by atoms with Crippen LogP contribution < -0.4 is 0 Å². The zero-order valence-corrected chi connectivity index (χ0v) is 31.1. The van der Waals surface area contributed by atoms with Crippen LogP contribution in [0.25, 0.3) is 0 Å². The van der Waals surface area contributed by atoms with Crippen LogP contribution in [0.2, 0.25) is 0 Å². The molecule has 0 bridgehead atoms. The van der Waals surface area contributed by atoms with Gasteiger partial charge in [-0.25, -0.2) is 4.99 Å². The lowest BCUT2D eigenvalue weighted by molar-refractivity contribution is 0.525. The monoisotopic (exact) mass is 627 g/mol. The lowest BCUT2D eigenvalue weighted by Crippen LogP contribution is -2.12. The second-order valence-corrected chi connectivity index (χ2v) is 14.1. The first-order valence-corrected chi connectivity index (χ1v) is 19.4. The zero-order chi connectivity index (χ0) is 33.2. The van der Waals surface area contributed by atoms with Gasteiger partial charge in [0.15, 0.2) is 0 Å². The van der Waals surface area contributed by atoms with Crippen LogP contribution in [-0.4, -0.2) is 11.4 Å². The molecule has 0 unspecified atom stereocenters. The number of allylic oxidation sites excluding steroid dienone is 2. The van der Waals surface area contributed by atoms with Gasteiger partial charge < -0.3 is 0 Å². The van der Waals surface area contributed by atoms with Crippen molar-refractivity contribution in [2.24, 2.45) is 9.98 Å². The largest absolute Gasteiger partial charge is 0.251 e. The third-order valence-electron chi connectivity index (χ3n) is 8.99. The molecule has 0 aliphatic heterocycles. The SMILES string of the molecule is CCCCCCCCCCCCCCCCCCCCC=CC(=Nc1cc(C)cc(C)c1)C(CCCC)=Nc1cc(C)cc(C)c1. The molecule has 0 spiro atoms. The molecule has 0 saturated carbocycles. The second kappa shape index (κ2) is 25.6. The first-order chi connectivity index (χ1) is 22.4. The minimum Gasteiger partial charge on any atom is -0.251 e. The van der Waals surface area contributed by atoms with E-state index in [9.17, 15) is 0 Å². The van der Waals surface area contributed by atoms with Gasteiger partial charge in [-0.2, -0.15) is 0 Å². The summed E-state index contributed by atoms with van der Waals surface area (Å²) in [7, 11) is 0. The zero-order valence-electron chi connectivity index (χ0n) is 31.1. The molecule has 0 heterocycles. The van der Waals surface area contributed by atoms with Gasteiger partial charge in [-0.1, -0.05) is 148 Å². The van der Waals surface area contributed by atoms with E-state index in [2.05, 4.69) is 90.1 Å². The van der Waals surface area contributed by atoms with E-state index >= 15 is 0 Å². The molecule has 0 amide bonds. The summed E-state index contributed by atoms with van der Waals surface area (Å²) in [5, 5.41) is 0. The maximum atomic E-state index is 5.20. The van der Waals surface area contributed by atoms with Gasteiger partial charge in [-0.3, -0.25) is 4.99 Å². The van der Waals surface area contributed by atoms with E-state index in [0.29, 0.717) is 0 Å². The lowest BCUT2D eigenvalue weighted by Gasteiger charge is -2.10. The molecule has 0 aliphatic carbocycles. The molecule has 256 valence electrons. The van der Waals surface area contributed by atoms with Crippen LogP contribution in [0, 0.1) is 27.7 Å². The highest BCUT2D eigenvalue weighted by Crippen LogP contribution is 2.22.